The Hall–Kier alpha value is -3.88. The molecule has 1 aliphatic heterocycles. The van der Waals surface area contributed by atoms with Gasteiger partial charge in [-0.15, -0.1) is 0 Å². The summed E-state index contributed by atoms with van der Waals surface area (Å²) in [5.41, 5.74) is -1.15. The number of aliphatic hydroxyl groups is 1. The van der Waals surface area contributed by atoms with Crippen LogP contribution in [0.1, 0.15) is 81.4 Å². The van der Waals surface area contributed by atoms with Crippen molar-refractivity contribution in [3.63, 3.8) is 0 Å². The van der Waals surface area contributed by atoms with Crippen LogP contribution in [0.25, 0.3) is 5.65 Å². The lowest BCUT2D eigenvalue weighted by atomic mass is 9.87. The summed E-state index contributed by atoms with van der Waals surface area (Å²) in [4.78, 5) is 31.8. The molecule has 2 atom stereocenters. The van der Waals surface area contributed by atoms with Crippen molar-refractivity contribution in [2.24, 2.45) is 5.92 Å². The van der Waals surface area contributed by atoms with E-state index in [1.165, 1.54) is 21.6 Å². The largest absolute Gasteiger partial charge is 0.444 e. The van der Waals surface area contributed by atoms with Crippen LogP contribution in [0, 0.1) is 5.92 Å². The minimum atomic E-state index is -2.91. The number of hydrogen-bond acceptors (Lipinski definition) is 8. The van der Waals surface area contributed by atoms with E-state index >= 15 is 0 Å². The van der Waals surface area contributed by atoms with Crippen LogP contribution in [0.2, 0.25) is 0 Å². The number of fused-ring (bicyclic) bond motifs is 1. The lowest BCUT2D eigenvalue weighted by Crippen LogP contribution is -2.52. The van der Waals surface area contributed by atoms with Gasteiger partial charge in [-0.2, -0.15) is 10.2 Å². The van der Waals surface area contributed by atoms with E-state index in [-0.39, 0.29) is 55.0 Å². The molecule has 2 fully saturated rings. The minimum absolute atomic E-state index is 0.0302. The van der Waals surface area contributed by atoms with E-state index in [0.717, 1.165) is 12.8 Å². The van der Waals surface area contributed by atoms with Gasteiger partial charge in [0.05, 0.1) is 30.5 Å². The van der Waals surface area contributed by atoms with E-state index in [1.54, 1.807) is 37.9 Å². The minimum Gasteiger partial charge on any atom is -0.444 e. The van der Waals surface area contributed by atoms with Crippen LogP contribution < -0.4 is 15.5 Å². The molecule has 15 heteroatoms. The van der Waals surface area contributed by atoms with Crippen LogP contribution in [0.15, 0.2) is 24.7 Å². The molecule has 0 aromatic carbocycles. The average molecular weight is 607 g/mol. The van der Waals surface area contributed by atoms with Gasteiger partial charge in [0.15, 0.2) is 11.3 Å². The molecular weight excluding hydrogens is 569 g/mol. The number of halogens is 3. The van der Waals surface area contributed by atoms with Gasteiger partial charge in [0.1, 0.15) is 23.2 Å². The Morgan fingerprint density at radius 3 is 2.60 bits per heavy atom. The smallest absolute Gasteiger partial charge is 0.407 e. The van der Waals surface area contributed by atoms with Crippen LogP contribution in [-0.4, -0.2) is 79.0 Å². The van der Waals surface area contributed by atoms with Crippen molar-refractivity contribution < 1.29 is 32.6 Å². The van der Waals surface area contributed by atoms with Crippen molar-refractivity contribution in [1.29, 1.82) is 0 Å². The van der Waals surface area contributed by atoms with Crippen molar-refractivity contribution in [3.05, 3.63) is 35.9 Å². The summed E-state index contributed by atoms with van der Waals surface area (Å²) in [6, 6.07) is 0.978. The highest BCUT2D eigenvalue weighted by molar-refractivity contribution is 6.08. The Labute approximate surface area is 246 Å². The molecule has 0 unspecified atom stereocenters. The van der Waals surface area contributed by atoms with E-state index in [2.05, 4.69) is 25.8 Å². The second-order valence-corrected chi connectivity index (χ2v) is 12.2. The maximum absolute atomic E-state index is 14.7. The maximum Gasteiger partial charge on any atom is 0.407 e. The average Bonchev–Trinajstić information content (AvgIpc) is 3.56. The Balaban J connectivity index is 1.33. The Kier molecular flexibility index (Phi) is 8.81. The summed E-state index contributed by atoms with van der Waals surface area (Å²) in [5.74, 6) is -0.141. The summed E-state index contributed by atoms with van der Waals surface area (Å²) < 4.78 is 50.6. The van der Waals surface area contributed by atoms with Gasteiger partial charge in [0.2, 0.25) is 0 Å². The number of alkyl halides is 3. The maximum atomic E-state index is 14.7. The van der Waals surface area contributed by atoms with Crippen LogP contribution in [0.4, 0.5) is 29.5 Å². The number of amides is 2. The number of aliphatic hydroxyl groups excluding tert-OH is 1. The monoisotopic (exact) mass is 606 g/mol. The fourth-order valence-corrected chi connectivity index (χ4v) is 5.63. The lowest BCUT2D eigenvalue weighted by molar-refractivity contribution is 0.0490. The Bertz CT molecular complexity index is 1450. The molecule has 0 spiro atoms. The van der Waals surface area contributed by atoms with E-state index < -0.39 is 41.9 Å². The highest BCUT2D eigenvalue weighted by atomic mass is 19.3. The molecule has 234 valence electrons. The van der Waals surface area contributed by atoms with E-state index in [4.69, 9.17) is 4.74 Å². The molecule has 3 N–H and O–H groups in total. The number of anilines is 2. The van der Waals surface area contributed by atoms with Gasteiger partial charge in [-0.3, -0.25) is 9.48 Å². The van der Waals surface area contributed by atoms with Gasteiger partial charge in [-0.1, -0.05) is 0 Å². The second kappa shape index (κ2) is 12.4. The number of nitrogens with zero attached hydrogens (tertiary/aromatic N) is 6. The molecule has 4 heterocycles. The third kappa shape index (κ3) is 7.20. The molecule has 0 radical (unpaired) electrons. The molecule has 3 aromatic rings. The fourth-order valence-electron chi connectivity index (χ4n) is 5.63. The zero-order valence-electron chi connectivity index (χ0n) is 24.3. The van der Waals surface area contributed by atoms with Crippen molar-refractivity contribution >= 4 is 29.2 Å². The Morgan fingerprint density at radius 2 is 1.93 bits per heavy atom. The molecule has 2 aliphatic rings. The summed E-state index contributed by atoms with van der Waals surface area (Å²) in [6.45, 7) is 5.60. The van der Waals surface area contributed by atoms with E-state index in [1.807, 2.05) is 0 Å². The van der Waals surface area contributed by atoms with Crippen LogP contribution in [-0.2, 0) is 4.74 Å². The lowest BCUT2D eigenvalue weighted by Gasteiger charge is -2.36. The normalized spacial score (nSPS) is 23.0. The summed E-state index contributed by atoms with van der Waals surface area (Å²) in [5, 5.41) is 22.9. The molecule has 3 aromatic heterocycles. The van der Waals surface area contributed by atoms with Crippen molar-refractivity contribution in [3.8, 4) is 0 Å². The second-order valence-electron chi connectivity index (χ2n) is 12.2. The predicted molar refractivity (Wildman–Crippen MR) is 151 cm³/mol. The third-order valence-electron chi connectivity index (χ3n) is 7.71. The van der Waals surface area contributed by atoms with Gasteiger partial charge in [0, 0.05) is 32.0 Å². The van der Waals surface area contributed by atoms with Gasteiger partial charge in [0.25, 0.3) is 12.3 Å². The number of hydrogen-bond donors (Lipinski definition) is 3. The fraction of sp³-hybridized carbons (Fsp3) is 0.607. The summed E-state index contributed by atoms with van der Waals surface area (Å²) in [7, 11) is 0. The number of nitrogens with one attached hydrogen (secondary N) is 2. The standard InChI is InChI=1S/C28H37F3N8O4/c1-28(2,3)43-27(42)33-18-10-17(29)12-37(13-18)22-8-9-38-25(35-22)20(11-32-38)26(41)34-21-14-39(36-23(21)24(30)31)19-6-4-16(15-40)5-7-19/h8-9,11,14,16-19,24,40H,4-7,10,12-13,15H2,1-3H3,(H,33,42)(H,34,41)/t16?,17-,18-,19?/m1/s1. The van der Waals surface area contributed by atoms with E-state index in [9.17, 15) is 27.9 Å². The van der Waals surface area contributed by atoms with Gasteiger partial charge in [-0.05, 0) is 58.4 Å². The van der Waals surface area contributed by atoms with Crippen LogP contribution in [0.5, 0.6) is 0 Å². The quantitative estimate of drug-likeness (QED) is 0.362. The molecule has 5 rings (SSSR count). The third-order valence-corrected chi connectivity index (χ3v) is 7.71. The van der Waals surface area contributed by atoms with Gasteiger partial charge < -0.3 is 25.4 Å². The highest BCUT2D eigenvalue weighted by Crippen LogP contribution is 2.35. The number of carbonyl (C=O) groups is 2. The summed E-state index contributed by atoms with van der Waals surface area (Å²) in [6.07, 6.45) is 2.49. The van der Waals surface area contributed by atoms with Gasteiger partial charge in [-0.25, -0.2) is 27.5 Å². The molecule has 1 aliphatic carbocycles. The first-order valence-corrected chi connectivity index (χ1v) is 14.4. The predicted octanol–water partition coefficient (Wildman–Crippen LogP) is 4.28. The van der Waals surface area contributed by atoms with Crippen LogP contribution >= 0.6 is 0 Å². The number of alkyl carbamates (subject to hydrolysis) is 1. The van der Waals surface area contributed by atoms with Gasteiger partial charge >= 0.3 is 6.09 Å². The number of rotatable bonds is 7. The first-order chi connectivity index (χ1) is 20.4. The first-order valence-electron chi connectivity index (χ1n) is 14.4. The zero-order valence-corrected chi connectivity index (χ0v) is 24.3. The van der Waals surface area contributed by atoms with Crippen molar-refractivity contribution in [2.75, 3.05) is 29.9 Å². The molecule has 43 heavy (non-hydrogen) atoms. The molecule has 1 saturated carbocycles. The SMILES string of the molecule is CC(C)(C)OC(=O)N[C@@H]1C[C@@H](F)CN(c2ccn3ncc(C(=O)Nc4cn(C5CCC(CO)CC5)nc4C(F)F)c3n2)C1. The Morgan fingerprint density at radius 1 is 1.19 bits per heavy atom. The summed E-state index contributed by atoms with van der Waals surface area (Å²) >= 11 is 0. The number of ether oxygens (including phenoxy) is 1. The van der Waals surface area contributed by atoms with E-state index in [0.29, 0.717) is 18.7 Å². The molecular formula is C28H37F3N8O4. The number of carbonyl (C=O) groups excluding carboxylic acids is 2. The first kappa shape index (κ1) is 30.6. The molecule has 2 amide bonds. The molecule has 0 bridgehead atoms. The number of piperidine rings is 1. The molecule has 1 saturated heterocycles. The topological polar surface area (TPSA) is 139 Å². The van der Waals surface area contributed by atoms with Crippen LogP contribution in [0.3, 0.4) is 0 Å². The van der Waals surface area contributed by atoms with Crippen molar-refractivity contribution in [1.82, 2.24) is 29.7 Å². The van der Waals surface area contributed by atoms with Crippen molar-refractivity contribution in [2.45, 2.75) is 83.2 Å². The molecule has 12 nitrogen and oxygen atoms in total. The zero-order chi connectivity index (χ0) is 30.9. The highest BCUT2D eigenvalue weighted by Gasteiger charge is 2.31. The number of aromatic nitrogens is 5.